The molecule has 0 aliphatic rings. The zero-order valence-electron chi connectivity index (χ0n) is 9.50. The Morgan fingerprint density at radius 1 is 1.47 bits per heavy atom. The summed E-state index contributed by atoms with van der Waals surface area (Å²) < 4.78 is 4.78. The molecule has 1 rings (SSSR count). The van der Waals surface area contributed by atoms with Gasteiger partial charge in [0.1, 0.15) is 0 Å². The molecule has 1 aromatic rings. The molecule has 0 bridgehead atoms. The lowest BCUT2D eigenvalue weighted by Gasteiger charge is -2.03. The van der Waals surface area contributed by atoms with Gasteiger partial charge in [0.25, 0.3) is 0 Å². The molecule has 0 aromatic carbocycles. The first-order chi connectivity index (χ1) is 7.15. The second kappa shape index (κ2) is 7.23. The summed E-state index contributed by atoms with van der Waals surface area (Å²) in [5.41, 5.74) is 0.927. The first-order valence-corrected chi connectivity index (χ1v) is 5.33. The summed E-state index contributed by atoms with van der Waals surface area (Å²) in [4.78, 5) is 15.2. The highest BCUT2D eigenvalue weighted by atomic mass is 35.5. The Morgan fingerprint density at radius 2 is 2.07 bits per heavy atom. The third-order valence-corrected chi connectivity index (χ3v) is 1.76. The van der Waals surface area contributed by atoms with Crippen LogP contribution in [-0.4, -0.2) is 17.6 Å². The van der Waals surface area contributed by atoms with Crippen LogP contribution in [0.15, 0.2) is 12.1 Å². The van der Waals surface area contributed by atoms with Gasteiger partial charge in [-0.1, -0.05) is 25.4 Å². The molecule has 0 aliphatic heterocycles. The summed E-state index contributed by atoms with van der Waals surface area (Å²) in [5, 5.41) is 0.323. The zero-order valence-corrected chi connectivity index (χ0v) is 10.3. The fourth-order valence-corrected chi connectivity index (χ4v) is 1.06. The van der Waals surface area contributed by atoms with Crippen molar-refractivity contribution in [2.45, 2.75) is 27.7 Å². The quantitative estimate of drug-likeness (QED) is 0.731. The van der Waals surface area contributed by atoms with E-state index in [1.807, 2.05) is 13.8 Å². The Balaban J connectivity index is 0.000000921. The zero-order chi connectivity index (χ0) is 11.8. The maximum Gasteiger partial charge on any atom is 0.358 e. The molecule has 4 heteroatoms. The van der Waals surface area contributed by atoms with Gasteiger partial charge in [-0.25, -0.2) is 9.78 Å². The maximum atomic E-state index is 11.2. The van der Waals surface area contributed by atoms with Gasteiger partial charge in [0.2, 0.25) is 0 Å². The third-order valence-electron chi connectivity index (χ3n) is 1.45. The minimum Gasteiger partial charge on any atom is -0.461 e. The molecule has 0 radical (unpaired) electrons. The maximum absolute atomic E-state index is 11.2. The normalized spacial score (nSPS) is 8.87. The van der Waals surface area contributed by atoms with E-state index in [-0.39, 0.29) is 5.69 Å². The Hall–Kier alpha value is -1.09. The van der Waals surface area contributed by atoms with Crippen molar-refractivity contribution in [3.63, 3.8) is 0 Å². The number of aromatic nitrogens is 1. The molecule has 15 heavy (non-hydrogen) atoms. The number of pyridine rings is 1. The predicted octanol–water partition coefficient (Wildman–Crippen LogP) is 3.25. The van der Waals surface area contributed by atoms with Crippen molar-refractivity contribution in [2.24, 2.45) is 0 Å². The Kier molecular flexibility index (Phi) is 6.71. The monoisotopic (exact) mass is 229 g/mol. The van der Waals surface area contributed by atoms with E-state index < -0.39 is 5.97 Å². The lowest BCUT2D eigenvalue weighted by Crippen LogP contribution is -2.08. The fourth-order valence-electron chi connectivity index (χ4n) is 0.882. The molecule has 0 unspecified atom stereocenters. The number of rotatable bonds is 2. The van der Waals surface area contributed by atoms with Crippen molar-refractivity contribution in [3.8, 4) is 0 Å². The van der Waals surface area contributed by atoms with Gasteiger partial charge in [0, 0.05) is 5.69 Å². The lowest BCUT2D eigenvalue weighted by atomic mass is 10.3. The average Bonchev–Trinajstić information content (AvgIpc) is 2.25. The van der Waals surface area contributed by atoms with Gasteiger partial charge in [0.15, 0.2) is 5.69 Å². The minimum absolute atomic E-state index is 0.184. The number of hydrogen-bond donors (Lipinski definition) is 0. The first-order valence-electron chi connectivity index (χ1n) is 4.95. The molecule has 0 amide bonds. The van der Waals surface area contributed by atoms with Gasteiger partial charge in [-0.05, 0) is 26.0 Å². The van der Waals surface area contributed by atoms with E-state index in [1.54, 1.807) is 26.0 Å². The number of aryl methyl sites for hydroxylation is 1. The van der Waals surface area contributed by atoms with E-state index in [0.717, 1.165) is 5.69 Å². The SMILES string of the molecule is CC.CCOC(=O)c1nc(C)ccc1Cl. The van der Waals surface area contributed by atoms with Crippen molar-refractivity contribution in [3.05, 3.63) is 28.5 Å². The van der Waals surface area contributed by atoms with Crippen LogP contribution in [0.5, 0.6) is 0 Å². The second-order valence-corrected chi connectivity index (χ2v) is 2.91. The number of hydrogen-bond acceptors (Lipinski definition) is 3. The summed E-state index contributed by atoms with van der Waals surface area (Å²) in [6.07, 6.45) is 0. The first kappa shape index (κ1) is 13.9. The smallest absolute Gasteiger partial charge is 0.358 e. The van der Waals surface area contributed by atoms with Crippen LogP contribution in [0.1, 0.15) is 37.0 Å². The highest BCUT2D eigenvalue weighted by molar-refractivity contribution is 6.33. The third kappa shape index (κ3) is 4.30. The van der Waals surface area contributed by atoms with Crippen molar-refractivity contribution >= 4 is 17.6 Å². The van der Waals surface area contributed by atoms with E-state index >= 15 is 0 Å². The molecule has 1 heterocycles. The van der Waals surface area contributed by atoms with Gasteiger partial charge in [-0.2, -0.15) is 0 Å². The Bertz CT molecular complexity index is 326. The molecule has 1 aromatic heterocycles. The van der Waals surface area contributed by atoms with Gasteiger partial charge in [0.05, 0.1) is 11.6 Å². The largest absolute Gasteiger partial charge is 0.461 e. The number of nitrogens with zero attached hydrogens (tertiary/aromatic N) is 1. The highest BCUT2D eigenvalue weighted by Crippen LogP contribution is 2.14. The van der Waals surface area contributed by atoms with E-state index in [9.17, 15) is 4.79 Å². The topological polar surface area (TPSA) is 39.2 Å². The van der Waals surface area contributed by atoms with Crippen LogP contribution in [0.3, 0.4) is 0 Å². The molecule has 0 fully saturated rings. The summed E-state index contributed by atoms with van der Waals surface area (Å²) >= 11 is 5.76. The molecular formula is C11H16ClNO2. The van der Waals surface area contributed by atoms with E-state index in [1.165, 1.54) is 0 Å². The van der Waals surface area contributed by atoms with Crippen LogP contribution < -0.4 is 0 Å². The van der Waals surface area contributed by atoms with Crippen molar-refractivity contribution in [1.82, 2.24) is 4.98 Å². The summed E-state index contributed by atoms with van der Waals surface area (Å²) in [5.74, 6) is -0.476. The number of carbonyl (C=O) groups excluding carboxylic acids is 1. The molecule has 3 nitrogen and oxygen atoms in total. The van der Waals surface area contributed by atoms with Gasteiger partial charge < -0.3 is 4.74 Å². The summed E-state index contributed by atoms with van der Waals surface area (Å²) in [7, 11) is 0. The minimum atomic E-state index is -0.476. The molecular weight excluding hydrogens is 214 g/mol. The molecule has 84 valence electrons. The van der Waals surface area contributed by atoms with Crippen LogP contribution >= 0.6 is 11.6 Å². The van der Waals surface area contributed by atoms with Crippen LogP contribution in [-0.2, 0) is 4.74 Å². The van der Waals surface area contributed by atoms with Crippen LogP contribution in [0.2, 0.25) is 5.02 Å². The Labute approximate surface area is 95.4 Å². The molecule has 0 N–H and O–H groups in total. The summed E-state index contributed by atoms with van der Waals surface area (Å²) in [6, 6.07) is 3.38. The molecule has 0 saturated heterocycles. The number of esters is 1. The van der Waals surface area contributed by atoms with Crippen LogP contribution in [0.25, 0.3) is 0 Å². The number of ether oxygens (including phenoxy) is 1. The van der Waals surface area contributed by atoms with Crippen molar-refractivity contribution in [2.75, 3.05) is 6.61 Å². The number of halogens is 1. The van der Waals surface area contributed by atoms with Gasteiger partial charge in [-0.15, -0.1) is 0 Å². The van der Waals surface area contributed by atoms with E-state index in [0.29, 0.717) is 11.6 Å². The molecule has 0 saturated carbocycles. The van der Waals surface area contributed by atoms with Crippen LogP contribution in [0, 0.1) is 6.92 Å². The van der Waals surface area contributed by atoms with Crippen molar-refractivity contribution in [1.29, 1.82) is 0 Å². The molecule has 0 aliphatic carbocycles. The fraction of sp³-hybridized carbons (Fsp3) is 0.455. The number of carbonyl (C=O) groups is 1. The Morgan fingerprint density at radius 3 is 2.60 bits per heavy atom. The summed E-state index contributed by atoms with van der Waals surface area (Å²) in [6.45, 7) is 7.85. The van der Waals surface area contributed by atoms with Crippen LogP contribution in [0.4, 0.5) is 0 Å². The van der Waals surface area contributed by atoms with Gasteiger partial charge in [-0.3, -0.25) is 0 Å². The van der Waals surface area contributed by atoms with Gasteiger partial charge >= 0.3 is 5.97 Å². The molecule has 0 spiro atoms. The second-order valence-electron chi connectivity index (χ2n) is 2.50. The van der Waals surface area contributed by atoms with E-state index in [2.05, 4.69) is 4.98 Å². The average molecular weight is 230 g/mol. The van der Waals surface area contributed by atoms with E-state index in [4.69, 9.17) is 16.3 Å². The predicted molar refractivity (Wildman–Crippen MR) is 61.3 cm³/mol. The van der Waals surface area contributed by atoms with Crippen molar-refractivity contribution < 1.29 is 9.53 Å². The highest BCUT2D eigenvalue weighted by Gasteiger charge is 2.12. The molecule has 0 atom stereocenters. The standard InChI is InChI=1S/C9H10ClNO2.C2H6/c1-3-13-9(12)8-7(10)5-4-6(2)11-8;1-2/h4-5H,3H2,1-2H3;1-2H3. The lowest BCUT2D eigenvalue weighted by molar-refractivity contribution is 0.0519.